The number of anilines is 3. The molecular weight excluding hydrogens is 299 g/mol. The molecule has 0 saturated carbocycles. The Labute approximate surface area is 126 Å². The van der Waals surface area contributed by atoms with E-state index in [4.69, 9.17) is 23.1 Å². The molecule has 108 valence electrons. The second-order valence-electron chi connectivity index (χ2n) is 4.44. The Morgan fingerprint density at radius 3 is 2.75 bits per heavy atom. The highest BCUT2D eigenvalue weighted by molar-refractivity contribution is 7.11. The van der Waals surface area contributed by atoms with Crippen molar-refractivity contribution in [2.45, 2.75) is 26.3 Å². The smallest absolute Gasteiger partial charge is 0.169 e. The minimum atomic E-state index is -0.636. The van der Waals surface area contributed by atoms with Crippen LogP contribution in [0.15, 0.2) is 12.3 Å². The lowest BCUT2D eigenvalue weighted by atomic mass is 10.2. The van der Waals surface area contributed by atoms with Crippen LogP contribution in [0.3, 0.4) is 0 Å². The summed E-state index contributed by atoms with van der Waals surface area (Å²) in [5, 5.41) is 3.75. The Hall–Kier alpha value is -1.53. The maximum Gasteiger partial charge on any atom is 0.169 e. The zero-order chi connectivity index (χ0) is 14.9. The van der Waals surface area contributed by atoms with Crippen LogP contribution >= 0.6 is 22.9 Å². The molecule has 0 saturated heterocycles. The number of aryl methyl sites for hydroxylation is 1. The predicted octanol–water partition coefficient (Wildman–Crippen LogP) is 3.84. The van der Waals surface area contributed by atoms with E-state index >= 15 is 0 Å². The highest BCUT2D eigenvalue weighted by Crippen LogP contribution is 2.36. The normalized spacial score (nSPS) is 12.4. The largest absolute Gasteiger partial charge is 0.397 e. The summed E-state index contributed by atoms with van der Waals surface area (Å²) in [4.78, 5) is 5.50. The number of halogens is 2. The summed E-state index contributed by atoms with van der Waals surface area (Å²) in [6, 6.07) is 1.27. The number of nitrogens with zero attached hydrogens (tertiary/aromatic N) is 1. The van der Waals surface area contributed by atoms with Gasteiger partial charge in [-0.2, -0.15) is 0 Å². The van der Waals surface area contributed by atoms with Crippen LogP contribution in [0.2, 0.25) is 5.02 Å². The third kappa shape index (κ3) is 2.81. The predicted molar refractivity (Wildman–Crippen MR) is 83.8 cm³/mol. The van der Waals surface area contributed by atoms with Crippen LogP contribution in [0.5, 0.6) is 0 Å². The number of hydrogen-bond donors (Lipinski definition) is 3. The first-order valence-corrected chi connectivity index (χ1v) is 7.37. The van der Waals surface area contributed by atoms with E-state index in [0.29, 0.717) is 0 Å². The van der Waals surface area contributed by atoms with Crippen LogP contribution in [0, 0.1) is 5.82 Å². The molecule has 0 aliphatic heterocycles. The summed E-state index contributed by atoms with van der Waals surface area (Å²) in [6.45, 7) is 3.95. The van der Waals surface area contributed by atoms with Gasteiger partial charge in [-0.05, 0) is 19.4 Å². The van der Waals surface area contributed by atoms with Crippen molar-refractivity contribution in [2.24, 2.45) is 0 Å². The molecule has 0 radical (unpaired) electrons. The molecule has 0 spiro atoms. The van der Waals surface area contributed by atoms with Crippen LogP contribution in [0.25, 0.3) is 0 Å². The molecule has 7 heteroatoms. The number of hydrogen-bond acceptors (Lipinski definition) is 5. The number of nitrogens with one attached hydrogen (secondary N) is 1. The molecule has 0 aliphatic carbocycles. The molecule has 1 unspecified atom stereocenters. The van der Waals surface area contributed by atoms with Gasteiger partial charge in [-0.1, -0.05) is 18.5 Å². The second kappa shape index (κ2) is 5.85. The van der Waals surface area contributed by atoms with Gasteiger partial charge >= 0.3 is 0 Å². The zero-order valence-electron chi connectivity index (χ0n) is 11.2. The average Bonchev–Trinajstić information content (AvgIpc) is 2.90. The fourth-order valence-corrected chi connectivity index (χ4v) is 2.79. The molecule has 2 rings (SSSR count). The Bertz CT molecular complexity index is 629. The Morgan fingerprint density at radius 2 is 2.15 bits per heavy atom. The quantitative estimate of drug-likeness (QED) is 0.749. The molecule has 0 amide bonds. The molecule has 5 N–H and O–H groups in total. The molecule has 0 aliphatic rings. The van der Waals surface area contributed by atoms with Gasteiger partial charge in [-0.3, -0.25) is 0 Å². The van der Waals surface area contributed by atoms with Gasteiger partial charge in [0.1, 0.15) is 10.0 Å². The molecule has 0 bridgehead atoms. The van der Waals surface area contributed by atoms with Gasteiger partial charge in [-0.25, -0.2) is 9.37 Å². The molecule has 1 aromatic carbocycles. The second-order valence-corrected chi connectivity index (χ2v) is 5.97. The average molecular weight is 315 g/mol. The van der Waals surface area contributed by atoms with Crippen LogP contribution in [0.1, 0.15) is 29.8 Å². The van der Waals surface area contributed by atoms with Gasteiger partial charge in [-0.15, -0.1) is 11.3 Å². The van der Waals surface area contributed by atoms with E-state index in [9.17, 15) is 4.39 Å². The summed E-state index contributed by atoms with van der Waals surface area (Å²) in [6.07, 6.45) is 2.75. The SMILES string of the molecule is CCc1cnc(C(C)Nc2c(N)cc(N)c(Cl)c2F)s1. The molecule has 20 heavy (non-hydrogen) atoms. The van der Waals surface area contributed by atoms with Crippen LogP contribution < -0.4 is 16.8 Å². The third-order valence-electron chi connectivity index (χ3n) is 2.92. The van der Waals surface area contributed by atoms with Crippen LogP contribution in [-0.2, 0) is 6.42 Å². The first kappa shape index (κ1) is 14.9. The van der Waals surface area contributed by atoms with Crippen molar-refractivity contribution in [3.05, 3.63) is 33.0 Å². The lowest BCUT2D eigenvalue weighted by molar-refractivity contribution is 0.629. The van der Waals surface area contributed by atoms with Crippen molar-refractivity contribution in [3.8, 4) is 0 Å². The maximum atomic E-state index is 14.1. The summed E-state index contributed by atoms with van der Waals surface area (Å²) >= 11 is 7.39. The Balaban J connectivity index is 2.28. The van der Waals surface area contributed by atoms with Gasteiger partial charge in [0.2, 0.25) is 0 Å². The number of thiazole rings is 1. The summed E-state index contributed by atoms with van der Waals surface area (Å²) < 4.78 is 14.1. The first-order chi connectivity index (χ1) is 9.43. The molecular formula is C13H16ClFN4S. The van der Waals surface area contributed by atoms with Gasteiger partial charge in [0.05, 0.1) is 23.1 Å². The molecule has 0 fully saturated rings. The fraction of sp³-hybridized carbons (Fsp3) is 0.308. The highest BCUT2D eigenvalue weighted by atomic mass is 35.5. The van der Waals surface area contributed by atoms with Gasteiger partial charge < -0.3 is 16.8 Å². The molecule has 2 aromatic rings. The van der Waals surface area contributed by atoms with Crippen molar-refractivity contribution in [1.29, 1.82) is 0 Å². The number of benzene rings is 1. The standard InChI is InChI=1S/C13H16ClFN4S/c1-3-7-5-18-13(20-7)6(2)19-12-9(17)4-8(16)10(14)11(12)15/h4-6,19H,3,16-17H2,1-2H3. The van der Waals surface area contributed by atoms with E-state index in [1.807, 2.05) is 13.1 Å². The molecule has 1 atom stereocenters. The molecule has 1 aromatic heterocycles. The van der Waals surface area contributed by atoms with Crippen LogP contribution in [0.4, 0.5) is 21.5 Å². The van der Waals surface area contributed by atoms with E-state index < -0.39 is 5.82 Å². The monoisotopic (exact) mass is 314 g/mol. The van der Waals surface area contributed by atoms with Gasteiger partial charge in [0.15, 0.2) is 5.82 Å². The molecule has 4 nitrogen and oxygen atoms in total. The van der Waals surface area contributed by atoms with Crippen molar-refractivity contribution < 1.29 is 4.39 Å². The minimum absolute atomic E-state index is 0.123. The Kier molecular flexibility index (Phi) is 4.35. The summed E-state index contributed by atoms with van der Waals surface area (Å²) in [5.41, 5.74) is 11.9. The van der Waals surface area contributed by atoms with E-state index in [0.717, 1.165) is 11.4 Å². The van der Waals surface area contributed by atoms with E-state index in [1.165, 1.54) is 10.9 Å². The number of nitrogen functional groups attached to an aromatic ring is 2. The topological polar surface area (TPSA) is 77.0 Å². The molecule has 1 heterocycles. The van der Waals surface area contributed by atoms with Crippen molar-refractivity contribution in [1.82, 2.24) is 4.98 Å². The Morgan fingerprint density at radius 1 is 1.45 bits per heavy atom. The fourth-order valence-electron chi connectivity index (χ4n) is 1.78. The first-order valence-electron chi connectivity index (χ1n) is 6.18. The zero-order valence-corrected chi connectivity index (χ0v) is 12.8. The third-order valence-corrected chi connectivity index (χ3v) is 4.63. The maximum absolute atomic E-state index is 14.1. The van der Waals surface area contributed by atoms with E-state index in [2.05, 4.69) is 17.2 Å². The van der Waals surface area contributed by atoms with Crippen molar-refractivity contribution in [3.63, 3.8) is 0 Å². The van der Waals surface area contributed by atoms with E-state index in [-0.39, 0.29) is 28.1 Å². The van der Waals surface area contributed by atoms with Crippen molar-refractivity contribution >= 4 is 40.0 Å². The van der Waals surface area contributed by atoms with Gasteiger partial charge in [0, 0.05) is 11.1 Å². The highest BCUT2D eigenvalue weighted by Gasteiger charge is 2.18. The van der Waals surface area contributed by atoms with E-state index in [1.54, 1.807) is 11.3 Å². The lowest BCUT2D eigenvalue weighted by Gasteiger charge is -2.17. The lowest BCUT2D eigenvalue weighted by Crippen LogP contribution is -2.10. The van der Waals surface area contributed by atoms with Crippen LogP contribution in [-0.4, -0.2) is 4.98 Å². The van der Waals surface area contributed by atoms with Gasteiger partial charge in [0.25, 0.3) is 0 Å². The van der Waals surface area contributed by atoms with Crippen molar-refractivity contribution in [2.75, 3.05) is 16.8 Å². The summed E-state index contributed by atoms with van der Waals surface area (Å²) in [7, 11) is 0. The number of rotatable bonds is 4. The number of aromatic nitrogens is 1. The number of nitrogens with two attached hydrogens (primary N) is 2. The minimum Gasteiger partial charge on any atom is -0.397 e. The summed E-state index contributed by atoms with van der Waals surface area (Å²) in [5.74, 6) is -0.636.